The van der Waals surface area contributed by atoms with Crippen LogP contribution in [0, 0.1) is 11.8 Å². The van der Waals surface area contributed by atoms with Gasteiger partial charge in [0.1, 0.15) is 0 Å². The first-order valence-corrected chi connectivity index (χ1v) is 11.1. The molecule has 0 spiro atoms. The molecule has 2 aliphatic carbocycles. The Balaban J connectivity index is 1.18. The van der Waals surface area contributed by atoms with E-state index >= 15 is 0 Å². The van der Waals surface area contributed by atoms with Crippen molar-refractivity contribution in [3.8, 4) is 11.3 Å². The van der Waals surface area contributed by atoms with Gasteiger partial charge in [-0.3, -0.25) is 0 Å². The van der Waals surface area contributed by atoms with Crippen molar-refractivity contribution in [3.05, 3.63) is 29.6 Å². The molecule has 6 nitrogen and oxygen atoms in total. The largest absolute Gasteiger partial charge is 0.378 e. The molecule has 2 heterocycles. The van der Waals surface area contributed by atoms with Crippen molar-refractivity contribution in [1.29, 1.82) is 0 Å². The third-order valence-electron chi connectivity index (χ3n) is 6.17. The summed E-state index contributed by atoms with van der Waals surface area (Å²) in [5.41, 5.74) is 2.85. The molecule has 0 radical (unpaired) electrons. The van der Waals surface area contributed by atoms with E-state index in [2.05, 4.69) is 20.9 Å². The number of carbonyl (C=O) groups is 1. The lowest BCUT2D eigenvalue weighted by molar-refractivity contribution is 0.122. The number of rotatable bonds is 4. The van der Waals surface area contributed by atoms with Gasteiger partial charge in [0.05, 0.1) is 18.9 Å². The minimum absolute atomic E-state index is 0.0876. The Labute approximate surface area is 169 Å². The number of nitrogens with zero attached hydrogens (tertiary/aromatic N) is 2. The molecule has 2 atom stereocenters. The third kappa shape index (κ3) is 3.73. The molecule has 3 fully saturated rings. The summed E-state index contributed by atoms with van der Waals surface area (Å²) in [5.74, 6) is 1.43. The van der Waals surface area contributed by atoms with Gasteiger partial charge in [-0.25, -0.2) is 9.78 Å². The molecule has 1 aliphatic heterocycles. The number of urea groups is 1. The summed E-state index contributed by atoms with van der Waals surface area (Å²) >= 11 is 1.67. The second kappa shape index (κ2) is 7.72. The van der Waals surface area contributed by atoms with Crippen LogP contribution in [0.4, 0.5) is 15.6 Å². The highest BCUT2D eigenvalue weighted by molar-refractivity contribution is 7.14. The number of hydrogen-bond acceptors (Lipinski definition) is 5. The van der Waals surface area contributed by atoms with Gasteiger partial charge >= 0.3 is 6.03 Å². The zero-order valence-corrected chi connectivity index (χ0v) is 16.7. The standard InChI is InChI=1S/C21H26N4O2S/c26-20(24-19-16-3-1-2-4-17(16)19)22-15-7-5-14(6-8-15)18-13-28-21(23-18)25-9-11-27-12-10-25/h5-8,13,16-17,19H,1-4,9-12H2,(H2,22,24,26). The van der Waals surface area contributed by atoms with Crippen LogP contribution in [0.1, 0.15) is 25.7 Å². The predicted octanol–water partition coefficient (Wildman–Crippen LogP) is 3.96. The monoisotopic (exact) mass is 398 g/mol. The lowest BCUT2D eigenvalue weighted by Crippen LogP contribution is -2.36. The maximum absolute atomic E-state index is 12.3. The highest BCUT2D eigenvalue weighted by atomic mass is 32.1. The van der Waals surface area contributed by atoms with Crippen molar-refractivity contribution in [1.82, 2.24) is 10.3 Å². The Hall–Kier alpha value is -2.12. The predicted molar refractivity (Wildman–Crippen MR) is 112 cm³/mol. The van der Waals surface area contributed by atoms with Crippen LogP contribution in [0.3, 0.4) is 0 Å². The molecular formula is C21H26N4O2S. The fraction of sp³-hybridized carbons (Fsp3) is 0.524. The molecule has 2 saturated carbocycles. The van der Waals surface area contributed by atoms with Crippen LogP contribution >= 0.6 is 11.3 Å². The van der Waals surface area contributed by atoms with Crippen molar-refractivity contribution in [2.75, 3.05) is 36.5 Å². The fourth-order valence-electron chi connectivity index (χ4n) is 4.55. The van der Waals surface area contributed by atoms with Crippen molar-refractivity contribution >= 4 is 28.2 Å². The first-order chi connectivity index (χ1) is 13.8. The average molecular weight is 399 g/mol. The number of carbonyl (C=O) groups excluding carboxylic acids is 1. The number of aromatic nitrogens is 1. The van der Waals surface area contributed by atoms with Gasteiger partial charge in [-0.15, -0.1) is 11.3 Å². The zero-order chi connectivity index (χ0) is 18.9. The average Bonchev–Trinajstić information content (AvgIpc) is 3.19. The quantitative estimate of drug-likeness (QED) is 0.818. The van der Waals surface area contributed by atoms with Crippen LogP contribution < -0.4 is 15.5 Å². The van der Waals surface area contributed by atoms with Crippen LogP contribution in [0.5, 0.6) is 0 Å². The second-order valence-corrected chi connectivity index (χ2v) is 8.77. The molecule has 2 amide bonds. The van der Waals surface area contributed by atoms with E-state index in [4.69, 9.17) is 9.72 Å². The topological polar surface area (TPSA) is 66.5 Å². The molecule has 5 rings (SSSR count). The molecule has 2 N–H and O–H groups in total. The van der Waals surface area contributed by atoms with Crippen molar-refractivity contribution in [3.63, 3.8) is 0 Å². The molecule has 0 bridgehead atoms. The number of hydrogen-bond donors (Lipinski definition) is 2. The van der Waals surface area contributed by atoms with E-state index in [9.17, 15) is 4.79 Å². The van der Waals surface area contributed by atoms with E-state index in [1.807, 2.05) is 24.3 Å². The van der Waals surface area contributed by atoms with Crippen LogP contribution in [-0.2, 0) is 4.74 Å². The Morgan fingerprint density at radius 2 is 1.82 bits per heavy atom. The van der Waals surface area contributed by atoms with Crippen LogP contribution in [0.2, 0.25) is 0 Å². The fourth-order valence-corrected chi connectivity index (χ4v) is 5.43. The highest BCUT2D eigenvalue weighted by Crippen LogP contribution is 2.49. The molecule has 1 saturated heterocycles. The Morgan fingerprint density at radius 3 is 2.54 bits per heavy atom. The molecule has 2 aromatic rings. The summed E-state index contributed by atoms with van der Waals surface area (Å²) in [6, 6.07) is 8.23. The van der Waals surface area contributed by atoms with Crippen molar-refractivity contribution < 1.29 is 9.53 Å². The number of amides is 2. The summed E-state index contributed by atoms with van der Waals surface area (Å²) < 4.78 is 5.41. The molecule has 7 heteroatoms. The summed E-state index contributed by atoms with van der Waals surface area (Å²) in [7, 11) is 0. The second-order valence-electron chi connectivity index (χ2n) is 7.93. The van der Waals surface area contributed by atoms with E-state index in [1.54, 1.807) is 11.3 Å². The molecule has 28 heavy (non-hydrogen) atoms. The Morgan fingerprint density at radius 1 is 1.11 bits per heavy atom. The summed E-state index contributed by atoms with van der Waals surface area (Å²) in [4.78, 5) is 19.3. The normalized spacial score (nSPS) is 26.4. The SMILES string of the molecule is O=C(Nc1ccc(-c2csc(N3CCOCC3)n2)cc1)NC1C2CCCCC21. The minimum atomic E-state index is -0.0876. The van der Waals surface area contributed by atoms with E-state index in [0.29, 0.717) is 17.9 Å². The van der Waals surface area contributed by atoms with Gasteiger partial charge < -0.3 is 20.3 Å². The summed E-state index contributed by atoms with van der Waals surface area (Å²) in [6.45, 7) is 3.32. The smallest absolute Gasteiger partial charge is 0.319 e. The van der Waals surface area contributed by atoms with Crippen molar-refractivity contribution in [2.24, 2.45) is 11.8 Å². The first kappa shape index (κ1) is 17.9. The van der Waals surface area contributed by atoms with E-state index in [0.717, 1.165) is 48.4 Å². The van der Waals surface area contributed by atoms with Gasteiger partial charge in [0, 0.05) is 35.8 Å². The summed E-state index contributed by atoms with van der Waals surface area (Å²) in [5, 5.41) is 9.26. The zero-order valence-electron chi connectivity index (χ0n) is 15.9. The molecule has 3 aliphatic rings. The summed E-state index contributed by atoms with van der Waals surface area (Å²) in [6.07, 6.45) is 5.16. The van der Waals surface area contributed by atoms with Crippen LogP contribution in [0.25, 0.3) is 11.3 Å². The number of nitrogens with one attached hydrogen (secondary N) is 2. The molecule has 2 unspecified atom stereocenters. The van der Waals surface area contributed by atoms with E-state index < -0.39 is 0 Å². The lowest BCUT2D eigenvalue weighted by atomic mass is 10.0. The third-order valence-corrected chi connectivity index (χ3v) is 7.07. The molecule has 1 aromatic heterocycles. The van der Waals surface area contributed by atoms with Gasteiger partial charge in [-0.05, 0) is 36.8 Å². The number of thiazole rings is 1. The number of ether oxygens (including phenoxy) is 1. The maximum atomic E-state index is 12.3. The van der Waals surface area contributed by atoms with Crippen LogP contribution in [0.15, 0.2) is 29.6 Å². The van der Waals surface area contributed by atoms with Gasteiger partial charge in [0.2, 0.25) is 0 Å². The van der Waals surface area contributed by atoms with Gasteiger partial charge in [0.25, 0.3) is 0 Å². The van der Waals surface area contributed by atoms with Gasteiger partial charge in [-0.1, -0.05) is 25.0 Å². The maximum Gasteiger partial charge on any atom is 0.319 e. The number of anilines is 2. The minimum Gasteiger partial charge on any atom is -0.378 e. The molecular weight excluding hydrogens is 372 g/mol. The van der Waals surface area contributed by atoms with E-state index in [1.165, 1.54) is 25.7 Å². The number of morpholine rings is 1. The number of benzene rings is 1. The lowest BCUT2D eigenvalue weighted by Gasteiger charge is -2.26. The van der Waals surface area contributed by atoms with Gasteiger partial charge in [-0.2, -0.15) is 0 Å². The van der Waals surface area contributed by atoms with E-state index in [-0.39, 0.29) is 6.03 Å². The Bertz CT molecular complexity index is 819. The van der Waals surface area contributed by atoms with Gasteiger partial charge in [0.15, 0.2) is 5.13 Å². The van der Waals surface area contributed by atoms with Crippen molar-refractivity contribution in [2.45, 2.75) is 31.7 Å². The van der Waals surface area contributed by atoms with Crippen LogP contribution in [-0.4, -0.2) is 43.4 Å². The number of fused-ring (bicyclic) bond motifs is 1. The Kier molecular flexibility index (Phi) is 4.94. The molecule has 148 valence electrons. The highest BCUT2D eigenvalue weighted by Gasteiger charge is 2.51. The molecule has 1 aromatic carbocycles. The first-order valence-electron chi connectivity index (χ1n) is 10.2.